The first-order chi connectivity index (χ1) is 21.2. The molecule has 1 aliphatic heterocycles. The van der Waals surface area contributed by atoms with Gasteiger partial charge in [0, 0.05) is 38.3 Å². The Morgan fingerprint density at radius 3 is 2.23 bits per heavy atom. The standard InChI is InChI=1S/C34H55N7O3/c1-25(2)19-31(33(43)40-30(15-9-10-16-35)34(44)41-18-17-37-32(42)24-41)39-23-29(21-27-13-7-4-8-14-27)38-22-28(36)20-26-11-5-3-6-12-26/h3-8,11-14,25,28-32,37-39,42H,9-10,15-24,35-36H2,1-2H3,(H,40,43)/t28-,29-,30-,31-,32-/m1/s1. The van der Waals surface area contributed by atoms with Gasteiger partial charge in [-0.25, -0.2) is 0 Å². The molecule has 0 aromatic heterocycles. The fourth-order valence-electron chi connectivity index (χ4n) is 5.63. The largest absolute Gasteiger partial charge is 0.377 e. The molecule has 244 valence electrons. The average molecular weight is 610 g/mol. The maximum atomic E-state index is 13.7. The van der Waals surface area contributed by atoms with Gasteiger partial charge >= 0.3 is 0 Å². The summed E-state index contributed by atoms with van der Waals surface area (Å²) < 4.78 is 0. The van der Waals surface area contributed by atoms with Crippen LogP contribution >= 0.6 is 0 Å². The van der Waals surface area contributed by atoms with Crippen molar-refractivity contribution in [2.75, 3.05) is 39.3 Å². The topological polar surface area (TPSA) is 158 Å². The number of nitrogens with two attached hydrogens (primary N) is 2. The fraction of sp³-hybridized carbons (Fsp3) is 0.588. The summed E-state index contributed by atoms with van der Waals surface area (Å²) in [4.78, 5) is 28.8. The minimum atomic E-state index is -0.765. The van der Waals surface area contributed by atoms with E-state index in [0.717, 1.165) is 25.7 Å². The highest BCUT2D eigenvalue weighted by Gasteiger charge is 2.31. The summed E-state index contributed by atoms with van der Waals surface area (Å²) in [5.74, 6) is -0.0669. The normalized spacial score (nSPS) is 18.0. The number of nitrogens with zero attached hydrogens (tertiary/aromatic N) is 1. The summed E-state index contributed by atoms with van der Waals surface area (Å²) in [6.07, 6.45) is 3.45. The third-order valence-electron chi connectivity index (χ3n) is 8.00. The number of carbonyl (C=O) groups is 2. The van der Waals surface area contributed by atoms with Crippen molar-refractivity contribution in [3.05, 3.63) is 71.8 Å². The molecule has 0 saturated carbocycles. The smallest absolute Gasteiger partial charge is 0.245 e. The van der Waals surface area contributed by atoms with Gasteiger partial charge in [0.25, 0.3) is 0 Å². The van der Waals surface area contributed by atoms with Crippen LogP contribution in [0.1, 0.15) is 50.7 Å². The van der Waals surface area contributed by atoms with Gasteiger partial charge in [-0.1, -0.05) is 74.5 Å². The molecule has 10 heteroatoms. The molecule has 3 rings (SSSR count). The van der Waals surface area contributed by atoms with Gasteiger partial charge in [-0.2, -0.15) is 0 Å². The van der Waals surface area contributed by atoms with Crippen LogP contribution in [0.25, 0.3) is 0 Å². The SMILES string of the molecule is CC(C)C[C@@H](NC[C@@H](Cc1ccccc1)NC[C@H](N)Cc1ccccc1)C(=O)N[C@H](CCCCN)C(=O)N1CCN[C@H](O)C1. The van der Waals surface area contributed by atoms with Crippen molar-refractivity contribution in [2.45, 2.75) is 82.8 Å². The number of aliphatic hydroxyl groups is 1. The molecule has 2 aromatic carbocycles. The fourth-order valence-corrected chi connectivity index (χ4v) is 5.63. The zero-order valence-electron chi connectivity index (χ0n) is 26.6. The maximum Gasteiger partial charge on any atom is 0.245 e. The van der Waals surface area contributed by atoms with Crippen molar-refractivity contribution in [3.8, 4) is 0 Å². The third-order valence-corrected chi connectivity index (χ3v) is 8.00. The summed E-state index contributed by atoms with van der Waals surface area (Å²) in [6.45, 7) is 7.13. The Morgan fingerprint density at radius 1 is 0.955 bits per heavy atom. The van der Waals surface area contributed by atoms with Crippen LogP contribution in [0.3, 0.4) is 0 Å². The second-order valence-corrected chi connectivity index (χ2v) is 12.4. The van der Waals surface area contributed by atoms with Crippen molar-refractivity contribution in [1.29, 1.82) is 0 Å². The minimum Gasteiger partial charge on any atom is -0.377 e. The summed E-state index contributed by atoms with van der Waals surface area (Å²) in [5.41, 5.74) is 14.6. The zero-order valence-corrected chi connectivity index (χ0v) is 26.6. The molecule has 0 bridgehead atoms. The van der Waals surface area contributed by atoms with Crippen LogP contribution in [0, 0.1) is 5.92 Å². The van der Waals surface area contributed by atoms with Crippen LogP contribution in [0.4, 0.5) is 0 Å². The molecule has 1 fully saturated rings. The van der Waals surface area contributed by atoms with Crippen molar-refractivity contribution in [1.82, 2.24) is 26.2 Å². The predicted molar refractivity (Wildman–Crippen MR) is 177 cm³/mol. The van der Waals surface area contributed by atoms with Gasteiger partial charge in [-0.05, 0) is 62.1 Å². The van der Waals surface area contributed by atoms with Crippen molar-refractivity contribution >= 4 is 11.8 Å². The van der Waals surface area contributed by atoms with E-state index in [2.05, 4.69) is 59.4 Å². The van der Waals surface area contributed by atoms with Gasteiger partial charge in [-0.3, -0.25) is 14.9 Å². The number of carbonyl (C=O) groups excluding carboxylic acids is 2. The molecule has 10 nitrogen and oxygen atoms in total. The van der Waals surface area contributed by atoms with Gasteiger partial charge in [-0.15, -0.1) is 0 Å². The first kappa shape index (κ1) is 35.6. The van der Waals surface area contributed by atoms with Gasteiger partial charge in [0.2, 0.25) is 11.8 Å². The van der Waals surface area contributed by atoms with E-state index in [9.17, 15) is 14.7 Å². The number of amides is 2. The Hall–Kier alpha value is -2.86. The number of nitrogens with one attached hydrogen (secondary N) is 4. The van der Waals surface area contributed by atoms with Crippen LogP contribution in [-0.2, 0) is 22.4 Å². The molecular formula is C34H55N7O3. The number of unbranched alkanes of at least 4 members (excludes halogenated alkanes) is 1. The number of rotatable bonds is 19. The number of piperazine rings is 1. The monoisotopic (exact) mass is 609 g/mol. The first-order valence-corrected chi connectivity index (χ1v) is 16.3. The van der Waals surface area contributed by atoms with Crippen molar-refractivity contribution in [2.24, 2.45) is 17.4 Å². The van der Waals surface area contributed by atoms with E-state index >= 15 is 0 Å². The van der Waals surface area contributed by atoms with Crippen molar-refractivity contribution in [3.63, 3.8) is 0 Å². The van der Waals surface area contributed by atoms with Crippen LogP contribution in [-0.4, -0.2) is 91.5 Å². The van der Waals surface area contributed by atoms with Crippen LogP contribution in [0.5, 0.6) is 0 Å². The Bertz CT molecular complexity index is 1090. The molecule has 0 aliphatic carbocycles. The number of benzene rings is 2. The maximum absolute atomic E-state index is 13.7. The molecule has 0 unspecified atom stereocenters. The molecule has 5 atom stereocenters. The molecule has 0 spiro atoms. The lowest BCUT2D eigenvalue weighted by Crippen LogP contribution is -2.59. The zero-order chi connectivity index (χ0) is 31.7. The van der Waals surface area contributed by atoms with Gasteiger partial charge < -0.3 is 37.4 Å². The predicted octanol–water partition coefficient (Wildman–Crippen LogP) is 1.13. The van der Waals surface area contributed by atoms with E-state index in [1.54, 1.807) is 4.90 Å². The molecule has 0 radical (unpaired) electrons. The highest BCUT2D eigenvalue weighted by atomic mass is 16.3. The van der Waals surface area contributed by atoms with Gasteiger partial charge in [0.15, 0.2) is 0 Å². The third kappa shape index (κ3) is 13.0. The van der Waals surface area contributed by atoms with E-state index in [1.165, 1.54) is 11.1 Å². The van der Waals surface area contributed by atoms with Crippen LogP contribution in [0.2, 0.25) is 0 Å². The Morgan fingerprint density at radius 2 is 1.61 bits per heavy atom. The molecule has 9 N–H and O–H groups in total. The van der Waals surface area contributed by atoms with Crippen molar-refractivity contribution < 1.29 is 14.7 Å². The van der Waals surface area contributed by atoms with Crippen LogP contribution < -0.4 is 32.7 Å². The quantitative estimate of drug-likeness (QED) is 0.117. The lowest BCUT2D eigenvalue weighted by molar-refractivity contribution is -0.139. The van der Waals surface area contributed by atoms with Gasteiger partial charge in [0.1, 0.15) is 12.3 Å². The highest BCUT2D eigenvalue weighted by molar-refractivity contribution is 5.89. The van der Waals surface area contributed by atoms with Crippen LogP contribution in [0.15, 0.2) is 60.7 Å². The first-order valence-electron chi connectivity index (χ1n) is 16.3. The number of aliphatic hydroxyl groups excluding tert-OH is 1. The summed E-state index contributed by atoms with van der Waals surface area (Å²) in [6, 6.07) is 19.4. The molecular weight excluding hydrogens is 554 g/mol. The molecule has 1 heterocycles. The van der Waals surface area contributed by atoms with E-state index in [4.69, 9.17) is 11.5 Å². The molecule has 2 amide bonds. The Labute approximate surface area is 263 Å². The molecule has 1 aliphatic rings. The minimum absolute atomic E-state index is 0.0470. The van der Waals surface area contributed by atoms with E-state index in [0.29, 0.717) is 45.6 Å². The summed E-state index contributed by atoms with van der Waals surface area (Å²) in [5, 5.41) is 23.2. The average Bonchev–Trinajstić information content (AvgIpc) is 3.01. The Balaban J connectivity index is 1.67. The van der Waals surface area contributed by atoms with Gasteiger partial charge in [0.05, 0.1) is 12.6 Å². The number of β-amino-alcohol motifs (C(OH)–C–C–N with tert-alkyl or cyclic N) is 1. The van der Waals surface area contributed by atoms with E-state index < -0.39 is 18.3 Å². The second kappa shape index (κ2) is 19.5. The molecule has 44 heavy (non-hydrogen) atoms. The highest BCUT2D eigenvalue weighted by Crippen LogP contribution is 2.11. The second-order valence-electron chi connectivity index (χ2n) is 12.4. The van der Waals surface area contributed by atoms with E-state index in [-0.39, 0.29) is 36.4 Å². The Kier molecular flexibility index (Phi) is 15.8. The lowest BCUT2D eigenvalue weighted by atomic mass is 10.00. The summed E-state index contributed by atoms with van der Waals surface area (Å²) >= 11 is 0. The summed E-state index contributed by atoms with van der Waals surface area (Å²) in [7, 11) is 0. The number of hydrogen-bond donors (Lipinski definition) is 7. The number of hydrogen-bond acceptors (Lipinski definition) is 8. The molecule has 2 aromatic rings. The van der Waals surface area contributed by atoms with E-state index in [1.807, 2.05) is 36.4 Å². The lowest BCUT2D eigenvalue weighted by Gasteiger charge is -2.34. The molecule has 1 saturated heterocycles.